The fourth-order valence-corrected chi connectivity index (χ4v) is 2.74. The van der Waals surface area contributed by atoms with E-state index in [2.05, 4.69) is 17.1 Å². The standard InChI is InChI=1S/C16H25N3O2.ClH/c1-12-4-5-14(21-3)13(8-12)18-15(20)9-19-7-6-16(2,10-17)11-19;/h4-5,8H,6-7,9-11,17H2,1-3H3,(H,18,20);1H. The second kappa shape index (κ2) is 7.81. The molecule has 0 aromatic heterocycles. The van der Waals surface area contributed by atoms with E-state index < -0.39 is 0 Å². The van der Waals surface area contributed by atoms with Gasteiger partial charge in [0.1, 0.15) is 5.75 Å². The Labute approximate surface area is 138 Å². The number of methoxy groups -OCH3 is 1. The van der Waals surface area contributed by atoms with Gasteiger partial charge in [0, 0.05) is 6.54 Å². The lowest BCUT2D eigenvalue weighted by molar-refractivity contribution is -0.117. The molecule has 1 fully saturated rings. The largest absolute Gasteiger partial charge is 0.495 e. The molecule has 1 aliphatic heterocycles. The van der Waals surface area contributed by atoms with Crippen molar-refractivity contribution < 1.29 is 9.53 Å². The normalized spacial score (nSPS) is 21.3. The van der Waals surface area contributed by atoms with Crippen LogP contribution in [0.4, 0.5) is 5.69 Å². The molecule has 1 unspecified atom stereocenters. The minimum atomic E-state index is -0.0137. The van der Waals surface area contributed by atoms with Crippen LogP contribution in [0.5, 0.6) is 5.75 Å². The second-order valence-corrected chi connectivity index (χ2v) is 6.23. The van der Waals surface area contributed by atoms with E-state index in [9.17, 15) is 4.79 Å². The van der Waals surface area contributed by atoms with Crippen molar-refractivity contribution in [3.63, 3.8) is 0 Å². The summed E-state index contributed by atoms with van der Waals surface area (Å²) < 4.78 is 5.28. The van der Waals surface area contributed by atoms with Crippen LogP contribution >= 0.6 is 12.4 Å². The van der Waals surface area contributed by atoms with E-state index in [0.717, 1.165) is 30.8 Å². The van der Waals surface area contributed by atoms with Crippen LogP contribution in [0.3, 0.4) is 0 Å². The number of amides is 1. The molecule has 124 valence electrons. The van der Waals surface area contributed by atoms with Gasteiger partial charge in [-0.1, -0.05) is 13.0 Å². The van der Waals surface area contributed by atoms with Crippen LogP contribution in [0, 0.1) is 12.3 Å². The summed E-state index contributed by atoms with van der Waals surface area (Å²) >= 11 is 0. The zero-order chi connectivity index (χ0) is 15.5. The van der Waals surface area contributed by atoms with E-state index in [1.165, 1.54) is 0 Å². The lowest BCUT2D eigenvalue weighted by Gasteiger charge is -2.22. The first-order valence-electron chi connectivity index (χ1n) is 7.33. The molecule has 1 aromatic rings. The first-order valence-corrected chi connectivity index (χ1v) is 7.33. The zero-order valence-corrected chi connectivity index (χ0v) is 14.3. The van der Waals surface area contributed by atoms with E-state index in [1.54, 1.807) is 7.11 Å². The van der Waals surface area contributed by atoms with Gasteiger partial charge in [0.15, 0.2) is 0 Å². The highest BCUT2D eigenvalue weighted by Gasteiger charge is 2.33. The molecule has 1 atom stereocenters. The van der Waals surface area contributed by atoms with Crippen molar-refractivity contribution >= 4 is 24.0 Å². The molecule has 1 amide bonds. The smallest absolute Gasteiger partial charge is 0.238 e. The Bertz CT molecular complexity index is 524. The third-order valence-electron chi connectivity index (χ3n) is 4.13. The van der Waals surface area contributed by atoms with Crippen LogP contribution < -0.4 is 15.8 Å². The summed E-state index contributed by atoms with van der Waals surface area (Å²) in [5.74, 6) is 0.669. The van der Waals surface area contributed by atoms with Crippen LogP contribution in [0.15, 0.2) is 18.2 Å². The summed E-state index contributed by atoms with van der Waals surface area (Å²) in [4.78, 5) is 14.4. The molecule has 0 aliphatic carbocycles. The molecule has 0 saturated carbocycles. The van der Waals surface area contributed by atoms with Gasteiger partial charge in [-0.3, -0.25) is 9.69 Å². The van der Waals surface area contributed by atoms with Crippen LogP contribution in [0.25, 0.3) is 0 Å². The number of hydrogen-bond acceptors (Lipinski definition) is 4. The molecule has 2 rings (SSSR count). The Hall–Kier alpha value is -1.30. The summed E-state index contributed by atoms with van der Waals surface area (Å²) in [6.45, 7) is 7.02. The Morgan fingerprint density at radius 2 is 2.23 bits per heavy atom. The lowest BCUT2D eigenvalue weighted by Crippen LogP contribution is -2.35. The molecule has 5 nitrogen and oxygen atoms in total. The number of nitrogens with one attached hydrogen (secondary N) is 1. The van der Waals surface area contributed by atoms with Crippen molar-refractivity contribution in [2.75, 3.05) is 38.6 Å². The lowest BCUT2D eigenvalue weighted by atomic mass is 9.90. The maximum atomic E-state index is 12.2. The quantitative estimate of drug-likeness (QED) is 0.868. The van der Waals surface area contributed by atoms with Crippen LogP contribution in [-0.2, 0) is 4.79 Å². The third-order valence-corrected chi connectivity index (χ3v) is 4.13. The van der Waals surface area contributed by atoms with Gasteiger partial charge in [0.05, 0.1) is 19.3 Å². The number of benzene rings is 1. The average molecular weight is 328 g/mol. The van der Waals surface area contributed by atoms with Gasteiger partial charge in [0.25, 0.3) is 0 Å². The van der Waals surface area contributed by atoms with E-state index in [0.29, 0.717) is 18.8 Å². The highest BCUT2D eigenvalue weighted by atomic mass is 35.5. The molecule has 1 aromatic carbocycles. The molecule has 0 bridgehead atoms. The molecular weight excluding hydrogens is 302 g/mol. The predicted octanol–water partition coefficient (Wildman–Crippen LogP) is 2.03. The number of rotatable bonds is 5. The van der Waals surface area contributed by atoms with Gasteiger partial charge in [-0.05, 0) is 49.5 Å². The van der Waals surface area contributed by atoms with Crippen LogP contribution in [0.2, 0.25) is 0 Å². The van der Waals surface area contributed by atoms with E-state index in [-0.39, 0.29) is 23.7 Å². The molecule has 1 aliphatic rings. The molecule has 0 radical (unpaired) electrons. The first-order chi connectivity index (χ1) is 9.95. The van der Waals surface area contributed by atoms with Crippen molar-refractivity contribution in [3.8, 4) is 5.75 Å². The molecule has 1 saturated heterocycles. The number of aryl methyl sites for hydroxylation is 1. The number of halogens is 1. The summed E-state index contributed by atoms with van der Waals surface area (Å²) in [7, 11) is 1.60. The number of likely N-dealkylation sites (tertiary alicyclic amines) is 1. The van der Waals surface area contributed by atoms with Gasteiger partial charge >= 0.3 is 0 Å². The van der Waals surface area contributed by atoms with E-state index >= 15 is 0 Å². The number of hydrogen-bond donors (Lipinski definition) is 2. The molecular formula is C16H26ClN3O2. The summed E-state index contributed by atoms with van der Waals surface area (Å²) in [5.41, 5.74) is 7.75. The Balaban J connectivity index is 0.00000242. The topological polar surface area (TPSA) is 67.6 Å². The second-order valence-electron chi connectivity index (χ2n) is 6.23. The fraction of sp³-hybridized carbons (Fsp3) is 0.562. The van der Waals surface area contributed by atoms with Crippen LogP contribution in [-0.4, -0.2) is 44.1 Å². The van der Waals surface area contributed by atoms with E-state index in [1.807, 2.05) is 25.1 Å². The molecule has 0 spiro atoms. The van der Waals surface area contributed by atoms with Gasteiger partial charge in [-0.25, -0.2) is 0 Å². The maximum Gasteiger partial charge on any atom is 0.238 e. The average Bonchev–Trinajstić information content (AvgIpc) is 2.81. The van der Waals surface area contributed by atoms with Crippen molar-refractivity contribution in [2.24, 2.45) is 11.1 Å². The zero-order valence-electron chi connectivity index (χ0n) is 13.5. The molecule has 1 heterocycles. The SMILES string of the molecule is COc1ccc(C)cc1NC(=O)CN1CCC(C)(CN)C1.Cl. The number of anilines is 1. The minimum absolute atomic E-state index is 0. The maximum absolute atomic E-state index is 12.2. The predicted molar refractivity (Wildman–Crippen MR) is 91.8 cm³/mol. The molecule has 22 heavy (non-hydrogen) atoms. The monoisotopic (exact) mass is 327 g/mol. The summed E-state index contributed by atoms with van der Waals surface area (Å²) in [6.07, 6.45) is 1.05. The number of carbonyl (C=O) groups excluding carboxylic acids is 1. The number of ether oxygens (including phenoxy) is 1. The Morgan fingerprint density at radius 1 is 1.50 bits per heavy atom. The summed E-state index contributed by atoms with van der Waals surface area (Å²) in [6, 6.07) is 5.75. The number of nitrogens with zero attached hydrogens (tertiary/aromatic N) is 1. The van der Waals surface area contributed by atoms with Gasteiger partial charge in [-0.2, -0.15) is 0 Å². The number of nitrogens with two attached hydrogens (primary N) is 1. The Kier molecular flexibility index (Phi) is 6.66. The van der Waals surface area contributed by atoms with Crippen molar-refractivity contribution in [1.82, 2.24) is 4.90 Å². The number of carbonyl (C=O) groups is 1. The highest BCUT2D eigenvalue weighted by molar-refractivity contribution is 5.93. The van der Waals surface area contributed by atoms with E-state index in [4.69, 9.17) is 10.5 Å². The van der Waals surface area contributed by atoms with Gasteiger partial charge < -0.3 is 15.8 Å². The van der Waals surface area contributed by atoms with Crippen molar-refractivity contribution in [1.29, 1.82) is 0 Å². The Morgan fingerprint density at radius 3 is 2.82 bits per heavy atom. The highest BCUT2D eigenvalue weighted by Crippen LogP contribution is 2.29. The molecule has 3 N–H and O–H groups in total. The fourth-order valence-electron chi connectivity index (χ4n) is 2.74. The van der Waals surface area contributed by atoms with Crippen LogP contribution in [0.1, 0.15) is 18.9 Å². The first kappa shape index (κ1) is 18.7. The summed E-state index contributed by atoms with van der Waals surface area (Å²) in [5, 5.41) is 2.94. The van der Waals surface area contributed by atoms with Crippen molar-refractivity contribution in [2.45, 2.75) is 20.3 Å². The van der Waals surface area contributed by atoms with Crippen molar-refractivity contribution in [3.05, 3.63) is 23.8 Å². The minimum Gasteiger partial charge on any atom is -0.495 e. The van der Waals surface area contributed by atoms with Gasteiger partial charge in [-0.15, -0.1) is 12.4 Å². The molecule has 6 heteroatoms. The van der Waals surface area contributed by atoms with Gasteiger partial charge in [0.2, 0.25) is 5.91 Å². The third kappa shape index (κ3) is 4.60.